The largest absolute Gasteiger partial charge is 0.389 e. The Labute approximate surface area is 136 Å². The summed E-state index contributed by atoms with van der Waals surface area (Å²) >= 11 is 3.48. The Hall–Kier alpha value is -0.620. The number of hydrogen-bond donors (Lipinski definition) is 2. The average molecular weight is 360 g/mol. The number of aliphatic hydroxyl groups excluding tert-OH is 1. The van der Waals surface area contributed by atoms with Crippen LogP contribution < -0.4 is 5.32 Å². The molecule has 0 aliphatic heterocycles. The second kappa shape index (κ2) is 11.0. The molecule has 0 aliphatic carbocycles. The molecule has 0 saturated heterocycles. The fraction of sp³-hybridized carbons (Fsp3) is 0.625. The predicted molar refractivity (Wildman–Crippen MR) is 89.9 cm³/mol. The SMILES string of the molecule is CCCCOCCOCC(O)CNc1cc(C)ccc1Br. The maximum absolute atomic E-state index is 9.87. The van der Waals surface area contributed by atoms with E-state index in [4.69, 9.17) is 9.47 Å². The Balaban J connectivity index is 2.11. The minimum absolute atomic E-state index is 0.313. The molecule has 0 aromatic heterocycles. The van der Waals surface area contributed by atoms with Crippen molar-refractivity contribution < 1.29 is 14.6 Å². The van der Waals surface area contributed by atoms with Gasteiger partial charge in [0.2, 0.25) is 0 Å². The van der Waals surface area contributed by atoms with Crippen molar-refractivity contribution >= 4 is 21.6 Å². The van der Waals surface area contributed by atoms with Gasteiger partial charge in [-0.15, -0.1) is 0 Å². The van der Waals surface area contributed by atoms with Gasteiger partial charge in [0.15, 0.2) is 0 Å². The molecule has 4 nitrogen and oxygen atoms in total. The molecule has 1 aromatic carbocycles. The first kappa shape index (κ1) is 18.4. The number of nitrogens with one attached hydrogen (secondary N) is 1. The zero-order valence-corrected chi connectivity index (χ0v) is 14.5. The molecule has 0 aliphatic rings. The van der Waals surface area contributed by atoms with E-state index in [2.05, 4.69) is 28.2 Å². The van der Waals surface area contributed by atoms with Gasteiger partial charge in [0.05, 0.1) is 25.9 Å². The van der Waals surface area contributed by atoms with Crippen molar-refractivity contribution in [2.45, 2.75) is 32.8 Å². The second-order valence-corrected chi connectivity index (χ2v) is 5.91. The number of halogens is 1. The standard InChI is InChI=1S/C16H26BrNO3/c1-3-4-7-20-8-9-21-12-14(19)11-18-16-10-13(2)5-6-15(16)17/h5-6,10,14,18-19H,3-4,7-9,11-12H2,1-2H3. The van der Waals surface area contributed by atoms with Crippen molar-refractivity contribution in [2.75, 3.05) is 38.3 Å². The normalized spacial score (nSPS) is 12.4. The number of ether oxygens (including phenoxy) is 2. The van der Waals surface area contributed by atoms with E-state index in [1.807, 2.05) is 25.1 Å². The first-order valence-corrected chi connectivity index (χ1v) is 8.26. The minimum Gasteiger partial charge on any atom is -0.389 e. The Morgan fingerprint density at radius 2 is 2.00 bits per heavy atom. The summed E-state index contributed by atoms with van der Waals surface area (Å²) in [6, 6.07) is 6.07. The van der Waals surface area contributed by atoms with E-state index in [9.17, 15) is 5.11 Å². The summed E-state index contributed by atoms with van der Waals surface area (Å²) in [5, 5.41) is 13.1. The van der Waals surface area contributed by atoms with E-state index in [-0.39, 0.29) is 0 Å². The number of aryl methyl sites for hydroxylation is 1. The van der Waals surface area contributed by atoms with Gasteiger partial charge in [-0.3, -0.25) is 0 Å². The van der Waals surface area contributed by atoms with Gasteiger partial charge in [0.25, 0.3) is 0 Å². The molecular weight excluding hydrogens is 334 g/mol. The fourth-order valence-electron chi connectivity index (χ4n) is 1.75. The molecule has 5 heteroatoms. The lowest BCUT2D eigenvalue weighted by Gasteiger charge is -2.14. The van der Waals surface area contributed by atoms with E-state index in [1.165, 1.54) is 5.56 Å². The molecule has 1 rings (SSSR count). The van der Waals surface area contributed by atoms with Crippen molar-refractivity contribution in [1.29, 1.82) is 0 Å². The summed E-state index contributed by atoms with van der Waals surface area (Å²) in [4.78, 5) is 0. The van der Waals surface area contributed by atoms with E-state index in [0.29, 0.717) is 26.4 Å². The van der Waals surface area contributed by atoms with Gasteiger partial charge >= 0.3 is 0 Å². The summed E-state index contributed by atoms with van der Waals surface area (Å²) in [6.45, 7) is 6.83. The zero-order valence-electron chi connectivity index (χ0n) is 12.9. The molecule has 1 unspecified atom stereocenters. The van der Waals surface area contributed by atoms with Crippen LogP contribution in [0.1, 0.15) is 25.3 Å². The summed E-state index contributed by atoms with van der Waals surface area (Å²) in [5.74, 6) is 0. The average Bonchev–Trinajstić information content (AvgIpc) is 2.47. The third-order valence-electron chi connectivity index (χ3n) is 2.97. The van der Waals surface area contributed by atoms with Crippen LogP contribution in [0.3, 0.4) is 0 Å². The highest BCUT2D eigenvalue weighted by Crippen LogP contribution is 2.23. The van der Waals surface area contributed by atoms with E-state index in [1.54, 1.807) is 0 Å². The highest BCUT2D eigenvalue weighted by Gasteiger charge is 2.06. The third kappa shape index (κ3) is 8.41. The minimum atomic E-state index is -0.534. The molecule has 0 spiro atoms. The molecule has 0 amide bonds. The maximum Gasteiger partial charge on any atom is 0.0945 e. The van der Waals surface area contributed by atoms with Crippen LogP contribution in [-0.2, 0) is 9.47 Å². The van der Waals surface area contributed by atoms with Crippen molar-refractivity contribution in [3.63, 3.8) is 0 Å². The Bertz CT molecular complexity index is 401. The highest BCUT2D eigenvalue weighted by molar-refractivity contribution is 9.10. The van der Waals surface area contributed by atoms with Crippen LogP contribution in [0.25, 0.3) is 0 Å². The number of unbranched alkanes of at least 4 members (excludes halogenated alkanes) is 1. The number of rotatable bonds is 11. The van der Waals surface area contributed by atoms with Gasteiger partial charge in [-0.2, -0.15) is 0 Å². The molecule has 21 heavy (non-hydrogen) atoms. The van der Waals surface area contributed by atoms with E-state index >= 15 is 0 Å². The van der Waals surface area contributed by atoms with Gasteiger partial charge < -0.3 is 19.9 Å². The van der Waals surface area contributed by atoms with Gasteiger partial charge in [0, 0.05) is 23.3 Å². The highest BCUT2D eigenvalue weighted by atomic mass is 79.9. The number of benzene rings is 1. The Kier molecular flexibility index (Phi) is 9.67. The topological polar surface area (TPSA) is 50.7 Å². The fourth-order valence-corrected chi connectivity index (χ4v) is 2.13. The van der Waals surface area contributed by atoms with Crippen LogP contribution in [0, 0.1) is 6.92 Å². The van der Waals surface area contributed by atoms with Gasteiger partial charge in [-0.05, 0) is 47.0 Å². The van der Waals surface area contributed by atoms with Crippen LogP contribution in [-0.4, -0.2) is 44.2 Å². The molecule has 0 heterocycles. The predicted octanol–water partition coefficient (Wildman–Crippen LogP) is 3.36. The molecular formula is C16H26BrNO3. The summed E-state index contributed by atoms with van der Waals surface area (Å²) < 4.78 is 11.8. The van der Waals surface area contributed by atoms with Crippen LogP contribution in [0.5, 0.6) is 0 Å². The van der Waals surface area contributed by atoms with Crippen molar-refractivity contribution in [3.8, 4) is 0 Å². The number of hydrogen-bond acceptors (Lipinski definition) is 4. The molecule has 2 N–H and O–H groups in total. The van der Waals surface area contributed by atoms with Crippen LogP contribution in [0.4, 0.5) is 5.69 Å². The van der Waals surface area contributed by atoms with Crippen LogP contribution >= 0.6 is 15.9 Å². The third-order valence-corrected chi connectivity index (χ3v) is 3.67. The first-order chi connectivity index (χ1) is 10.1. The first-order valence-electron chi connectivity index (χ1n) is 7.47. The van der Waals surface area contributed by atoms with E-state index in [0.717, 1.165) is 29.6 Å². The summed E-state index contributed by atoms with van der Waals surface area (Å²) in [5.41, 5.74) is 2.16. The van der Waals surface area contributed by atoms with Crippen molar-refractivity contribution in [1.82, 2.24) is 0 Å². The summed E-state index contributed by atoms with van der Waals surface area (Å²) in [7, 11) is 0. The lowest BCUT2D eigenvalue weighted by molar-refractivity contribution is 0.00749. The maximum atomic E-state index is 9.87. The van der Waals surface area contributed by atoms with Crippen LogP contribution in [0.15, 0.2) is 22.7 Å². The Morgan fingerprint density at radius 1 is 1.24 bits per heavy atom. The quantitative estimate of drug-likeness (QED) is 0.594. The Morgan fingerprint density at radius 3 is 2.76 bits per heavy atom. The zero-order chi connectivity index (χ0) is 15.5. The summed E-state index contributed by atoms with van der Waals surface area (Å²) in [6.07, 6.45) is 1.69. The van der Waals surface area contributed by atoms with Crippen molar-refractivity contribution in [3.05, 3.63) is 28.2 Å². The van der Waals surface area contributed by atoms with Gasteiger partial charge in [-0.1, -0.05) is 19.4 Å². The van der Waals surface area contributed by atoms with Gasteiger partial charge in [0.1, 0.15) is 0 Å². The smallest absolute Gasteiger partial charge is 0.0945 e. The van der Waals surface area contributed by atoms with E-state index < -0.39 is 6.10 Å². The monoisotopic (exact) mass is 359 g/mol. The number of aliphatic hydroxyl groups is 1. The lowest BCUT2D eigenvalue weighted by atomic mass is 10.2. The molecule has 0 radical (unpaired) electrons. The second-order valence-electron chi connectivity index (χ2n) is 5.06. The molecule has 0 bridgehead atoms. The number of anilines is 1. The molecule has 0 fully saturated rings. The molecule has 1 aromatic rings. The molecule has 120 valence electrons. The van der Waals surface area contributed by atoms with Crippen LogP contribution in [0.2, 0.25) is 0 Å². The van der Waals surface area contributed by atoms with Gasteiger partial charge in [-0.25, -0.2) is 0 Å². The molecule has 0 saturated carbocycles. The van der Waals surface area contributed by atoms with Crippen molar-refractivity contribution in [2.24, 2.45) is 0 Å². The molecule has 1 atom stereocenters. The lowest BCUT2D eigenvalue weighted by Crippen LogP contribution is -2.25.